The molecule has 0 fully saturated rings. The van der Waals surface area contributed by atoms with Crippen molar-refractivity contribution in [3.05, 3.63) is 58.9 Å². The number of ether oxygens (including phenoxy) is 1. The van der Waals surface area contributed by atoms with E-state index in [1.165, 1.54) is 37.1 Å². The fourth-order valence-electron chi connectivity index (χ4n) is 2.40. The highest BCUT2D eigenvalue weighted by atomic mass is 35.5. The van der Waals surface area contributed by atoms with Crippen molar-refractivity contribution in [3.63, 3.8) is 0 Å². The summed E-state index contributed by atoms with van der Waals surface area (Å²) in [6.45, 7) is 1.43. The van der Waals surface area contributed by atoms with Crippen LogP contribution in [-0.2, 0) is 14.3 Å². The van der Waals surface area contributed by atoms with Crippen LogP contribution in [0.5, 0.6) is 0 Å². The average molecular weight is 393 g/mol. The van der Waals surface area contributed by atoms with Crippen molar-refractivity contribution in [1.29, 1.82) is 0 Å². The number of amides is 2. The highest BCUT2D eigenvalue weighted by molar-refractivity contribution is 6.31. The van der Waals surface area contributed by atoms with Gasteiger partial charge in [-0.15, -0.1) is 0 Å². The summed E-state index contributed by atoms with van der Waals surface area (Å²) in [6, 6.07) is 10.2. The van der Waals surface area contributed by atoms with Gasteiger partial charge in [0.2, 0.25) is 11.8 Å². The minimum Gasteiger partial charge on any atom is -0.465 e. The third-order valence-corrected chi connectivity index (χ3v) is 4.01. The summed E-state index contributed by atoms with van der Waals surface area (Å²) in [4.78, 5) is 36.9. The Labute approximate surface area is 160 Å². The Kier molecular flexibility index (Phi) is 6.90. The van der Waals surface area contributed by atoms with Crippen molar-refractivity contribution in [3.8, 4) is 0 Å². The predicted octanol–water partition coefficient (Wildman–Crippen LogP) is 3.65. The second-order valence-corrected chi connectivity index (χ2v) is 6.05. The molecule has 0 unspecified atom stereocenters. The lowest BCUT2D eigenvalue weighted by molar-refractivity contribution is -0.117. The van der Waals surface area contributed by atoms with Gasteiger partial charge in [0.1, 0.15) is 5.82 Å². The number of nitrogens with zero attached hydrogens (tertiary/aromatic N) is 1. The highest BCUT2D eigenvalue weighted by Gasteiger charge is 2.15. The Bertz CT molecular complexity index is 873. The Morgan fingerprint density at radius 1 is 1.19 bits per heavy atom. The molecule has 0 radical (unpaired) electrons. The van der Waals surface area contributed by atoms with Gasteiger partial charge in [-0.05, 0) is 36.4 Å². The number of methoxy groups -OCH3 is 1. The van der Waals surface area contributed by atoms with Gasteiger partial charge in [0, 0.05) is 31.3 Å². The standard InChI is InChI=1S/C19H18ClFN2O4/c1-12(24)23(15-6-7-17(21)16(20)11-15)9-8-18(25)22-14-5-3-4-13(10-14)19(26)27-2/h3-7,10-11H,8-9H2,1-2H3,(H,22,25). The van der Waals surface area contributed by atoms with E-state index in [0.29, 0.717) is 16.9 Å². The minimum absolute atomic E-state index is 0.00295. The van der Waals surface area contributed by atoms with Gasteiger partial charge in [-0.25, -0.2) is 9.18 Å². The van der Waals surface area contributed by atoms with Crippen LogP contribution in [0, 0.1) is 5.82 Å². The van der Waals surface area contributed by atoms with E-state index >= 15 is 0 Å². The fraction of sp³-hybridized carbons (Fsp3) is 0.211. The molecular formula is C19H18ClFN2O4. The maximum absolute atomic E-state index is 13.3. The molecular weight excluding hydrogens is 375 g/mol. The van der Waals surface area contributed by atoms with Crippen molar-refractivity contribution in [2.45, 2.75) is 13.3 Å². The van der Waals surface area contributed by atoms with Crippen LogP contribution in [0.4, 0.5) is 15.8 Å². The number of benzene rings is 2. The Balaban J connectivity index is 2.03. The molecule has 0 aliphatic heterocycles. The van der Waals surface area contributed by atoms with E-state index < -0.39 is 11.8 Å². The molecule has 0 bridgehead atoms. The quantitative estimate of drug-likeness (QED) is 0.761. The normalized spacial score (nSPS) is 10.2. The minimum atomic E-state index is -0.591. The molecule has 6 nitrogen and oxygen atoms in total. The molecule has 2 amide bonds. The zero-order valence-electron chi connectivity index (χ0n) is 14.8. The first-order valence-electron chi connectivity index (χ1n) is 8.03. The van der Waals surface area contributed by atoms with E-state index in [-0.39, 0.29) is 29.8 Å². The highest BCUT2D eigenvalue weighted by Crippen LogP contribution is 2.23. The molecule has 2 aromatic carbocycles. The van der Waals surface area contributed by atoms with Crippen molar-refractivity contribution >= 4 is 40.8 Å². The van der Waals surface area contributed by atoms with Crippen LogP contribution < -0.4 is 10.2 Å². The lowest BCUT2D eigenvalue weighted by atomic mass is 10.2. The summed E-state index contributed by atoms with van der Waals surface area (Å²) >= 11 is 5.75. The molecule has 0 saturated heterocycles. The first kappa shape index (κ1) is 20.4. The van der Waals surface area contributed by atoms with Gasteiger partial charge in [-0.3, -0.25) is 9.59 Å². The lowest BCUT2D eigenvalue weighted by Gasteiger charge is -2.21. The first-order chi connectivity index (χ1) is 12.8. The van der Waals surface area contributed by atoms with Crippen LogP contribution in [0.25, 0.3) is 0 Å². The van der Waals surface area contributed by atoms with Crippen LogP contribution in [0.3, 0.4) is 0 Å². The van der Waals surface area contributed by atoms with Gasteiger partial charge < -0.3 is 15.0 Å². The number of carbonyl (C=O) groups is 3. The third-order valence-electron chi connectivity index (χ3n) is 3.72. The number of rotatable bonds is 6. The largest absolute Gasteiger partial charge is 0.465 e. The number of halogens is 2. The van der Waals surface area contributed by atoms with E-state index in [9.17, 15) is 18.8 Å². The van der Waals surface area contributed by atoms with Gasteiger partial charge in [-0.2, -0.15) is 0 Å². The number of hydrogen-bond acceptors (Lipinski definition) is 4. The SMILES string of the molecule is COC(=O)c1cccc(NC(=O)CCN(C(C)=O)c2ccc(F)c(Cl)c2)c1. The maximum atomic E-state index is 13.3. The van der Waals surface area contributed by atoms with Crippen LogP contribution in [0.1, 0.15) is 23.7 Å². The molecule has 0 aromatic heterocycles. The number of nitrogens with one attached hydrogen (secondary N) is 1. The van der Waals surface area contributed by atoms with E-state index in [4.69, 9.17) is 11.6 Å². The molecule has 142 valence electrons. The Morgan fingerprint density at radius 2 is 1.93 bits per heavy atom. The van der Waals surface area contributed by atoms with Crippen molar-refractivity contribution in [1.82, 2.24) is 0 Å². The number of esters is 1. The molecule has 1 N–H and O–H groups in total. The summed E-state index contributed by atoms with van der Waals surface area (Å²) in [7, 11) is 1.27. The molecule has 8 heteroatoms. The Hall–Kier alpha value is -2.93. The molecule has 0 heterocycles. The zero-order valence-corrected chi connectivity index (χ0v) is 15.5. The molecule has 0 saturated carbocycles. The number of hydrogen-bond donors (Lipinski definition) is 1. The van der Waals surface area contributed by atoms with E-state index in [2.05, 4.69) is 10.1 Å². The van der Waals surface area contributed by atoms with Gasteiger partial charge >= 0.3 is 5.97 Å². The third kappa shape index (κ3) is 5.52. The second-order valence-electron chi connectivity index (χ2n) is 5.64. The van der Waals surface area contributed by atoms with Crippen LogP contribution >= 0.6 is 11.6 Å². The van der Waals surface area contributed by atoms with Crippen molar-refractivity contribution in [2.75, 3.05) is 23.9 Å². The van der Waals surface area contributed by atoms with Crippen molar-refractivity contribution < 1.29 is 23.5 Å². The average Bonchev–Trinajstić information content (AvgIpc) is 2.64. The molecule has 27 heavy (non-hydrogen) atoms. The maximum Gasteiger partial charge on any atom is 0.337 e. The fourth-order valence-corrected chi connectivity index (χ4v) is 2.57. The molecule has 2 aromatic rings. The summed E-state index contributed by atoms with van der Waals surface area (Å²) in [5.74, 6) is -1.76. The van der Waals surface area contributed by atoms with Gasteiger partial charge in [0.25, 0.3) is 0 Å². The molecule has 2 rings (SSSR count). The molecule has 0 aliphatic carbocycles. The monoisotopic (exact) mass is 392 g/mol. The zero-order chi connectivity index (χ0) is 20.0. The molecule has 0 aliphatic rings. The van der Waals surface area contributed by atoms with Crippen molar-refractivity contribution in [2.24, 2.45) is 0 Å². The van der Waals surface area contributed by atoms with Gasteiger partial charge in [-0.1, -0.05) is 17.7 Å². The number of carbonyl (C=O) groups excluding carboxylic acids is 3. The van der Waals surface area contributed by atoms with Crippen LogP contribution in [-0.4, -0.2) is 31.4 Å². The van der Waals surface area contributed by atoms with Crippen LogP contribution in [0.2, 0.25) is 5.02 Å². The predicted molar refractivity (Wildman–Crippen MR) is 100 cm³/mol. The summed E-state index contributed by atoms with van der Waals surface area (Å²) < 4.78 is 17.9. The van der Waals surface area contributed by atoms with E-state index in [0.717, 1.165) is 6.07 Å². The summed E-state index contributed by atoms with van der Waals surface area (Å²) in [5, 5.41) is 2.55. The van der Waals surface area contributed by atoms with Gasteiger partial charge in [0.15, 0.2) is 0 Å². The molecule has 0 spiro atoms. The smallest absolute Gasteiger partial charge is 0.337 e. The summed E-state index contributed by atoms with van der Waals surface area (Å²) in [6.07, 6.45) is -0.00295. The topological polar surface area (TPSA) is 75.7 Å². The number of anilines is 2. The molecule has 0 atom stereocenters. The first-order valence-corrected chi connectivity index (χ1v) is 8.41. The second kappa shape index (κ2) is 9.14. The summed E-state index contributed by atoms with van der Waals surface area (Å²) in [5.41, 5.74) is 1.14. The Morgan fingerprint density at radius 3 is 2.56 bits per heavy atom. The lowest BCUT2D eigenvalue weighted by Crippen LogP contribution is -2.32. The van der Waals surface area contributed by atoms with Gasteiger partial charge in [0.05, 0.1) is 17.7 Å². The van der Waals surface area contributed by atoms with Crippen LogP contribution in [0.15, 0.2) is 42.5 Å². The van der Waals surface area contributed by atoms with E-state index in [1.807, 2.05) is 0 Å². The van der Waals surface area contributed by atoms with E-state index in [1.54, 1.807) is 18.2 Å².